The van der Waals surface area contributed by atoms with Gasteiger partial charge in [-0.1, -0.05) is 26.0 Å². The Hall–Kier alpha value is -1.79. The summed E-state index contributed by atoms with van der Waals surface area (Å²) in [6, 6.07) is 9.56. The van der Waals surface area contributed by atoms with Gasteiger partial charge in [-0.05, 0) is 36.6 Å². The Bertz CT molecular complexity index is 927. The molecule has 2 rings (SSSR count). The zero-order valence-electron chi connectivity index (χ0n) is 18.8. The van der Waals surface area contributed by atoms with Gasteiger partial charge in [-0.2, -0.15) is 0 Å². The van der Waals surface area contributed by atoms with Gasteiger partial charge in [0.05, 0.1) is 17.5 Å². The fourth-order valence-corrected chi connectivity index (χ4v) is 3.77. The Morgan fingerprint density at radius 1 is 1.13 bits per heavy atom. The second kappa shape index (κ2) is 12.9. The van der Waals surface area contributed by atoms with Crippen LogP contribution in [0, 0.1) is 5.92 Å². The van der Waals surface area contributed by atoms with Crippen LogP contribution in [-0.4, -0.2) is 45.7 Å². The topological polar surface area (TPSA) is 96.8 Å². The average Bonchev–Trinajstić information content (AvgIpc) is 3.16. The van der Waals surface area contributed by atoms with E-state index in [0.717, 1.165) is 11.3 Å². The number of nitrogens with one attached hydrogen (secondary N) is 3. The number of aliphatic imine (C=N–C) groups is 1. The quantitative estimate of drug-likeness (QED) is 0.179. The van der Waals surface area contributed by atoms with Gasteiger partial charge in [0.1, 0.15) is 5.75 Å². The van der Waals surface area contributed by atoms with Crippen molar-refractivity contribution in [3.63, 3.8) is 0 Å². The van der Waals surface area contributed by atoms with E-state index in [1.807, 2.05) is 31.2 Å². The van der Waals surface area contributed by atoms with E-state index in [4.69, 9.17) is 4.74 Å². The molecule has 0 bridgehead atoms. The number of nitrogens with zero attached hydrogens (tertiary/aromatic N) is 2. The minimum Gasteiger partial charge on any atom is -0.493 e. The van der Waals surface area contributed by atoms with Gasteiger partial charge >= 0.3 is 0 Å². The second-order valence-electron chi connectivity index (χ2n) is 7.55. The van der Waals surface area contributed by atoms with Crippen molar-refractivity contribution in [3.05, 3.63) is 48.3 Å². The van der Waals surface area contributed by atoms with E-state index in [2.05, 4.69) is 34.2 Å². The fourth-order valence-electron chi connectivity index (χ4n) is 2.69. The van der Waals surface area contributed by atoms with E-state index in [1.54, 1.807) is 37.1 Å². The maximum absolute atomic E-state index is 12.2. The van der Waals surface area contributed by atoms with Crippen LogP contribution >= 0.6 is 24.0 Å². The van der Waals surface area contributed by atoms with Gasteiger partial charge in [0, 0.05) is 39.6 Å². The lowest BCUT2D eigenvalue weighted by atomic mass is 10.1. The molecule has 1 atom stereocenters. The van der Waals surface area contributed by atoms with Crippen molar-refractivity contribution in [1.29, 1.82) is 0 Å². The predicted molar refractivity (Wildman–Crippen MR) is 136 cm³/mol. The van der Waals surface area contributed by atoms with E-state index in [1.165, 1.54) is 0 Å². The van der Waals surface area contributed by atoms with Crippen LogP contribution in [0.5, 0.6) is 5.75 Å². The Kier molecular flexibility index (Phi) is 11.4. The van der Waals surface area contributed by atoms with Crippen molar-refractivity contribution in [2.75, 3.05) is 26.7 Å². The molecule has 1 aromatic carbocycles. The number of ether oxygens (including phenoxy) is 1. The Morgan fingerprint density at radius 2 is 1.81 bits per heavy atom. The summed E-state index contributed by atoms with van der Waals surface area (Å²) in [5, 5.41) is 6.43. The van der Waals surface area contributed by atoms with Gasteiger partial charge in [-0.15, -0.1) is 24.0 Å². The molecular formula is C21H34IN5O3S. The highest BCUT2D eigenvalue weighted by Crippen LogP contribution is 2.18. The van der Waals surface area contributed by atoms with E-state index in [-0.39, 0.29) is 41.5 Å². The number of hydrogen-bond acceptors (Lipinski definition) is 4. The van der Waals surface area contributed by atoms with Gasteiger partial charge in [0.15, 0.2) is 5.96 Å². The average molecular weight is 564 g/mol. The molecule has 0 radical (unpaired) electrons. The van der Waals surface area contributed by atoms with Crippen LogP contribution in [0.25, 0.3) is 0 Å². The lowest BCUT2D eigenvalue weighted by molar-refractivity contribution is 0.271. The molecule has 0 spiro atoms. The lowest BCUT2D eigenvalue weighted by Crippen LogP contribution is -2.42. The van der Waals surface area contributed by atoms with E-state index < -0.39 is 10.0 Å². The number of aryl methyl sites for hydroxylation is 1. The summed E-state index contributed by atoms with van der Waals surface area (Å²) in [6.07, 6.45) is 3.26. The first-order valence-corrected chi connectivity index (χ1v) is 11.5. The highest BCUT2D eigenvalue weighted by Gasteiger charge is 2.14. The third-order valence-electron chi connectivity index (χ3n) is 4.36. The Balaban J connectivity index is 0.00000480. The summed E-state index contributed by atoms with van der Waals surface area (Å²) in [5.74, 6) is 1.94. The van der Waals surface area contributed by atoms with Gasteiger partial charge in [0.25, 0.3) is 0 Å². The van der Waals surface area contributed by atoms with Crippen LogP contribution in [0.15, 0.2) is 52.6 Å². The molecule has 1 aromatic heterocycles. The molecule has 2 aromatic rings. The highest BCUT2D eigenvalue weighted by molar-refractivity contribution is 14.0. The molecule has 0 fully saturated rings. The zero-order chi connectivity index (χ0) is 22.1. The first-order valence-electron chi connectivity index (χ1n) is 10.0. The maximum atomic E-state index is 12.2. The molecule has 8 nitrogen and oxygen atoms in total. The summed E-state index contributed by atoms with van der Waals surface area (Å²) >= 11 is 0. The minimum absolute atomic E-state index is 0. The summed E-state index contributed by atoms with van der Waals surface area (Å²) in [5.41, 5.74) is 1.10. The number of sulfonamides is 1. The van der Waals surface area contributed by atoms with Crippen molar-refractivity contribution in [3.8, 4) is 5.75 Å². The normalized spacial score (nSPS) is 12.9. The molecule has 0 aliphatic heterocycles. The molecule has 31 heavy (non-hydrogen) atoms. The minimum atomic E-state index is -3.51. The van der Waals surface area contributed by atoms with Crippen LogP contribution in [-0.2, 0) is 17.1 Å². The summed E-state index contributed by atoms with van der Waals surface area (Å²) in [6.45, 7) is 7.61. The van der Waals surface area contributed by atoms with Gasteiger partial charge < -0.3 is 19.9 Å². The van der Waals surface area contributed by atoms with Gasteiger partial charge in [-0.25, -0.2) is 13.1 Å². The van der Waals surface area contributed by atoms with Crippen molar-refractivity contribution < 1.29 is 13.2 Å². The van der Waals surface area contributed by atoms with Crippen molar-refractivity contribution in [1.82, 2.24) is 19.9 Å². The lowest BCUT2D eigenvalue weighted by Gasteiger charge is -2.19. The van der Waals surface area contributed by atoms with E-state index >= 15 is 0 Å². The molecule has 10 heteroatoms. The van der Waals surface area contributed by atoms with Crippen LogP contribution in [0.3, 0.4) is 0 Å². The highest BCUT2D eigenvalue weighted by atomic mass is 127. The first-order chi connectivity index (χ1) is 14.2. The number of hydrogen-bond donors (Lipinski definition) is 3. The maximum Gasteiger partial charge on any atom is 0.242 e. The molecule has 0 saturated carbocycles. The second-order valence-corrected chi connectivity index (χ2v) is 9.32. The smallest absolute Gasteiger partial charge is 0.242 e. The molecule has 1 unspecified atom stereocenters. The first kappa shape index (κ1) is 27.2. The zero-order valence-corrected chi connectivity index (χ0v) is 21.9. The fraction of sp³-hybridized carbons (Fsp3) is 0.476. The van der Waals surface area contributed by atoms with Crippen LogP contribution in [0.2, 0.25) is 0 Å². The monoisotopic (exact) mass is 563 g/mol. The summed E-state index contributed by atoms with van der Waals surface area (Å²) < 4.78 is 34.4. The molecule has 0 aliphatic rings. The van der Waals surface area contributed by atoms with E-state index in [0.29, 0.717) is 25.0 Å². The van der Waals surface area contributed by atoms with E-state index in [9.17, 15) is 8.42 Å². The summed E-state index contributed by atoms with van der Waals surface area (Å²) in [7, 11) is -0.0465. The van der Waals surface area contributed by atoms with Gasteiger partial charge in [-0.3, -0.25) is 4.99 Å². The number of halogens is 1. The van der Waals surface area contributed by atoms with Crippen LogP contribution in [0.1, 0.15) is 32.4 Å². The van der Waals surface area contributed by atoms with Crippen molar-refractivity contribution in [2.24, 2.45) is 18.0 Å². The van der Waals surface area contributed by atoms with Crippen molar-refractivity contribution in [2.45, 2.75) is 31.7 Å². The third kappa shape index (κ3) is 9.08. The van der Waals surface area contributed by atoms with Crippen molar-refractivity contribution >= 4 is 40.0 Å². The molecular weight excluding hydrogens is 529 g/mol. The molecule has 0 saturated heterocycles. The standard InChI is InChI=1S/C21H33N5O3S.HI/c1-16(2)15-29-19-8-6-18(7-9-19)17(3)25-21(22-4)23-11-12-24-30(27,28)20-10-13-26(5)14-20;/h6-10,13-14,16-17,24H,11-12,15H2,1-5H3,(H2,22,23,25);1H. The Labute approximate surface area is 202 Å². The Morgan fingerprint density at radius 3 is 2.35 bits per heavy atom. The van der Waals surface area contributed by atoms with Crippen LogP contribution < -0.4 is 20.1 Å². The molecule has 3 N–H and O–H groups in total. The van der Waals surface area contributed by atoms with Crippen LogP contribution in [0.4, 0.5) is 0 Å². The summed E-state index contributed by atoms with van der Waals surface area (Å²) in [4.78, 5) is 4.46. The predicted octanol–water partition coefficient (Wildman–Crippen LogP) is 2.88. The number of guanidine groups is 1. The molecule has 0 aliphatic carbocycles. The third-order valence-corrected chi connectivity index (χ3v) is 5.81. The largest absolute Gasteiger partial charge is 0.493 e. The number of rotatable bonds is 10. The van der Waals surface area contributed by atoms with Gasteiger partial charge in [0.2, 0.25) is 10.0 Å². The SMILES string of the molecule is CN=C(NCCNS(=O)(=O)c1ccn(C)c1)NC(C)c1ccc(OCC(C)C)cc1.I. The molecule has 174 valence electrons. The molecule has 1 heterocycles. The number of aromatic nitrogens is 1. The molecule has 0 amide bonds. The number of benzene rings is 1.